The van der Waals surface area contributed by atoms with E-state index in [2.05, 4.69) is 34.6 Å². The topological polar surface area (TPSA) is 104 Å². The molecule has 4 N–H and O–H groups in total. The number of H-pyrrole nitrogens is 1. The number of carbonyl (C=O) groups is 1. The summed E-state index contributed by atoms with van der Waals surface area (Å²) < 4.78 is 10.7. The van der Waals surface area contributed by atoms with Gasteiger partial charge >= 0.3 is 6.09 Å². The van der Waals surface area contributed by atoms with Gasteiger partial charge in [-0.2, -0.15) is 0 Å². The van der Waals surface area contributed by atoms with Crippen LogP contribution < -0.4 is 10.1 Å². The molecule has 0 saturated heterocycles. The zero-order chi connectivity index (χ0) is 23.7. The summed E-state index contributed by atoms with van der Waals surface area (Å²) in [6.07, 6.45) is -1.42. The van der Waals surface area contributed by atoms with Gasteiger partial charge in [0.2, 0.25) is 0 Å². The first-order valence-corrected chi connectivity index (χ1v) is 11.2. The Bertz CT molecular complexity index is 1290. The van der Waals surface area contributed by atoms with E-state index in [1.165, 1.54) is 0 Å². The molecule has 2 atom stereocenters. The zero-order valence-electron chi connectivity index (χ0n) is 18.7. The average Bonchev–Trinajstić information content (AvgIpc) is 3.44. The Hall–Kier alpha value is -3.81. The number of aromatic amines is 1. The van der Waals surface area contributed by atoms with Crippen LogP contribution >= 0.6 is 0 Å². The molecule has 3 aromatic carbocycles. The Morgan fingerprint density at radius 3 is 2.38 bits per heavy atom. The van der Waals surface area contributed by atoms with Crippen LogP contribution in [0.15, 0.2) is 72.9 Å². The largest absolute Gasteiger partial charge is 0.497 e. The highest BCUT2D eigenvalue weighted by Gasteiger charge is 2.29. The second-order valence-corrected chi connectivity index (χ2v) is 8.37. The maximum absolute atomic E-state index is 12.4. The molecule has 7 nitrogen and oxygen atoms in total. The number of aliphatic hydroxyl groups is 2. The van der Waals surface area contributed by atoms with Crippen LogP contribution in [0, 0.1) is 0 Å². The number of aromatic nitrogens is 1. The Morgan fingerprint density at radius 2 is 1.71 bits per heavy atom. The third-order valence-corrected chi connectivity index (χ3v) is 6.40. The van der Waals surface area contributed by atoms with E-state index in [-0.39, 0.29) is 19.1 Å². The summed E-state index contributed by atoms with van der Waals surface area (Å²) in [4.78, 5) is 15.5. The minimum atomic E-state index is -1.22. The van der Waals surface area contributed by atoms with Crippen LogP contribution in [0.2, 0.25) is 0 Å². The predicted molar refractivity (Wildman–Crippen MR) is 129 cm³/mol. The van der Waals surface area contributed by atoms with E-state index >= 15 is 0 Å². The smallest absolute Gasteiger partial charge is 0.407 e. The fourth-order valence-electron chi connectivity index (χ4n) is 4.65. The SMILES string of the molecule is COc1ccc2[nH]cc(C(O)C(O)CNC(=O)OCC3c4ccccc4-c4ccccc43)c2c1. The fraction of sp³-hybridized carbons (Fsp3) is 0.222. The normalized spacial score (nSPS) is 14.3. The van der Waals surface area contributed by atoms with Gasteiger partial charge in [0.15, 0.2) is 0 Å². The van der Waals surface area contributed by atoms with E-state index in [1.54, 1.807) is 19.4 Å². The van der Waals surface area contributed by atoms with Gasteiger partial charge in [-0.05, 0) is 40.5 Å². The van der Waals surface area contributed by atoms with Crippen LogP contribution in [-0.2, 0) is 4.74 Å². The monoisotopic (exact) mass is 458 g/mol. The molecule has 34 heavy (non-hydrogen) atoms. The molecule has 174 valence electrons. The first-order chi connectivity index (χ1) is 16.6. The van der Waals surface area contributed by atoms with Gasteiger partial charge in [0, 0.05) is 35.1 Å². The number of fused-ring (bicyclic) bond motifs is 4. The molecule has 5 rings (SSSR count). The molecule has 0 aliphatic heterocycles. The van der Waals surface area contributed by atoms with Gasteiger partial charge in [-0.3, -0.25) is 0 Å². The Balaban J connectivity index is 1.20. The van der Waals surface area contributed by atoms with E-state index < -0.39 is 18.3 Å². The third kappa shape index (κ3) is 4.00. The summed E-state index contributed by atoms with van der Waals surface area (Å²) in [5, 5.41) is 24.5. The predicted octanol–water partition coefficient (Wildman–Crippen LogP) is 4.11. The van der Waals surface area contributed by atoms with E-state index in [0.29, 0.717) is 11.3 Å². The number of amides is 1. The molecular weight excluding hydrogens is 432 g/mol. The quantitative estimate of drug-likeness (QED) is 0.334. The first-order valence-electron chi connectivity index (χ1n) is 11.2. The number of methoxy groups -OCH3 is 1. The summed E-state index contributed by atoms with van der Waals surface area (Å²) in [6, 6.07) is 21.7. The summed E-state index contributed by atoms with van der Waals surface area (Å²) in [6.45, 7) is 0.0230. The molecule has 0 saturated carbocycles. The molecule has 0 fully saturated rings. The molecule has 7 heteroatoms. The Labute approximate surface area is 197 Å². The van der Waals surface area contributed by atoms with Crippen molar-refractivity contribution in [2.75, 3.05) is 20.3 Å². The number of hydrogen-bond donors (Lipinski definition) is 4. The zero-order valence-corrected chi connectivity index (χ0v) is 18.7. The third-order valence-electron chi connectivity index (χ3n) is 6.40. The highest BCUT2D eigenvalue weighted by atomic mass is 16.5. The van der Waals surface area contributed by atoms with Crippen molar-refractivity contribution in [1.82, 2.24) is 10.3 Å². The van der Waals surface area contributed by atoms with Crippen molar-refractivity contribution in [2.24, 2.45) is 0 Å². The van der Waals surface area contributed by atoms with E-state index in [0.717, 1.165) is 33.2 Å². The molecule has 0 bridgehead atoms. The standard InChI is InChI=1S/C27H26N2O5/c1-33-16-10-11-24-21(12-16)22(13-28-24)26(31)25(30)14-29-27(32)34-15-23-19-8-4-2-6-17(19)18-7-3-5-9-20(18)23/h2-13,23,25-26,28,30-31H,14-15H2,1H3,(H,29,32). The lowest BCUT2D eigenvalue weighted by atomic mass is 9.98. The number of aliphatic hydroxyl groups excluding tert-OH is 2. The molecule has 0 radical (unpaired) electrons. The van der Waals surface area contributed by atoms with Crippen molar-refractivity contribution in [3.8, 4) is 16.9 Å². The molecule has 0 spiro atoms. The number of hydrogen-bond acceptors (Lipinski definition) is 5. The van der Waals surface area contributed by atoms with Gasteiger partial charge in [0.05, 0.1) is 7.11 Å². The average molecular weight is 459 g/mol. The maximum Gasteiger partial charge on any atom is 0.407 e. The van der Waals surface area contributed by atoms with Crippen LogP contribution in [0.4, 0.5) is 4.79 Å². The van der Waals surface area contributed by atoms with Crippen molar-refractivity contribution in [1.29, 1.82) is 0 Å². The number of ether oxygens (including phenoxy) is 2. The van der Waals surface area contributed by atoms with Crippen LogP contribution in [-0.4, -0.2) is 47.7 Å². The molecule has 1 aromatic heterocycles. The summed E-state index contributed by atoms with van der Waals surface area (Å²) >= 11 is 0. The lowest BCUT2D eigenvalue weighted by Gasteiger charge is -2.19. The van der Waals surface area contributed by atoms with Crippen LogP contribution in [0.1, 0.15) is 28.7 Å². The van der Waals surface area contributed by atoms with Crippen molar-refractivity contribution < 1.29 is 24.5 Å². The van der Waals surface area contributed by atoms with Crippen LogP contribution in [0.25, 0.3) is 22.0 Å². The van der Waals surface area contributed by atoms with Crippen LogP contribution in [0.5, 0.6) is 5.75 Å². The van der Waals surface area contributed by atoms with E-state index in [1.807, 2.05) is 36.4 Å². The van der Waals surface area contributed by atoms with Crippen molar-refractivity contribution >= 4 is 17.0 Å². The Morgan fingerprint density at radius 1 is 1.03 bits per heavy atom. The van der Waals surface area contributed by atoms with E-state index in [9.17, 15) is 15.0 Å². The number of rotatable bonds is 7. The van der Waals surface area contributed by atoms with Crippen LogP contribution in [0.3, 0.4) is 0 Å². The summed E-state index contributed by atoms with van der Waals surface area (Å²) in [7, 11) is 1.57. The molecule has 2 unspecified atom stereocenters. The Kier molecular flexibility index (Phi) is 5.96. The van der Waals surface area contributed by atoms with Gasteiger partial charge in [-0.15, -0.1) is 0 Å². The van der Waals surface area contributed by atoms with E-state index in [4.69, 9.17) is 9.47 Å². The molecular formula is C27H26N2O5. The molecule has 1 heterocycles. The summed E-state index contributed by atoms with van der Waals surface area (Å²) in [5.74, 6) is 0.599. The lowest BCUT2D eigenvalue weighted by Crippen LogP contribution is -2.36. The number of nitrogens with one attached hydrogen (secondary N) is 2. The molecule has 4 aromatic rings. The van der Waals surface area contributed by atoms with Crippen molar-refractivity contribution in [3.05, 3.63) is 89.6 Å². The minimum Gasteiger partial charge on any atom is -0.497 e. The molecule has 1 aliphatic carbocycles. The van der Waals surface area contributed by atoms with Gasteiger partial charge < -0.3 is 30.0 Å². The second kappa shape index (κ2) is 9.21. The first kappa shape index (κ1) is 22.0. The van der Waals surface area contributed by atoms with Gasteiger partial charge in [-0.1, -0.05) is 48.5 Å². The number of alkyl carbamates (subject to hydrolysis) is 1. The van der Waals surface area contributed by atoms with Gasteiger partial charge in [-0.25, -0.2) is 4.79 Å². The highest BCUT2D eigenvalue weighted by Crippen LogP contribution is 2.44. The maximum atomic E-state index is 12.4. The van der Waals surface area contributed by atoms with Gasteiger partial charge in [0.1, 0.15) is 24.6 Å². The number of benzene rings is 3. The fourth-order valence-corrected chi connectivity index (χ4v) is 4.65. The second-order valence-electron chi connectivity index (χ2n) is 8.37. The van der Waals surface area contributed by atoms with Crippen molar-refractivity contribution in [2.45, 2.75) is 18.1 Å². The summed E-state index contributed by atoms with van der Waals surface area (Å²) in [5.41, 5.74) is 5.90. The van der Waals surface area contributed by atoms with Gasteiger partial charge in [0.25, 0.3) is 0 Å². The molecule has 1 amide bonds. The molecule has 1 aliphatic rings. The van der Waals surface area contributed by atoms with Crippen molar-refractivity contribution in [3.63, 3.8) is 0 Å². The lowest BCUT2D eigenvalue weighted by molar-refractivity contribution is 0.0194. The number of carbonyl (C=O) groups excluding carboxylic acids is 1. The highest BCUT2D eigenvalue weighted by molar-refractivity contribution is 5.85. The minimum absolute atomic E-state index is 0.0464.